The molecule has 5 nitrogen and oxygen atoms in total. The van der Waals surface area contributed by atoms with Gasteiger partial charge in [-0.15, -0.1) is 0 Å². The first kappa shape index (κ1) is 14.3. The number of carbonyl (C=O) groups is 1. The summed E-state index contributed by atoms with van der Waals surface area (Å²) in [6.07, 6.45) is 3.61. The Labute approximate surface area is 122 Å². The van der Waals surface area contributed by atoms with E-state index < -0.39 is 0 Å². The Morgan fingerprint density at radius 1 is 1.25 bits per heavy atom. The highest BCUT2D eigenvalue weighted by Gasteiger charge is 2.08. The number of nitrogens with zero attached hydrogens (tertiary/aromatic N) is 2. The minimum atomic E-state index is -0.337. The normalized spacial score (nSPS) is 10.1. The molecule has 0 atom stereocenters. The van der Waals surface area contributed by atoms with Crippen LogP contribution in [0.25, 0.3) is 0 Å². The van der Waals surface area contributed by atoms with Gasteiger partial charge in [-0.05, 0) is 30.7 Å². The molecular weight excluding hydrogens is 278 g/mol. The highest BCUT2D eigenvalue weighted by atomic mass is 35.5. The Hall–Kier alpha value is -2.14. The second-order valence-electron chi connectivity index (χ2n) is 4.05. The highest BCUT2D eigenvalue weighted by molar-refractivity contribution is 6.29. The molecule has 0 unspecified atom stereocenters. The summed E-state index contributed by atoms with van der Waals surface area (Å²) in [7, 11) is 0. The molecule has 0 spiro atoms. The van der Waals surface area contributed by atoms with Gasteiger partial charge in [0.2, 0.25) is 0 Å². The van der Waals surface area contributed by atoms with Crippen molar-refractivity contribution in [1.82, 2.24) is 9.97 Å². The van der Waals surface area contributed by atoms with Crippen LogP contribution in [0.15, 0.2) is 36.7 Å². The summed E-state index contributed by atoms with van der Waals surface area (Å²) in [4.78, 5) is 19.6. The van der Waals surface area contributed by atoms with Crippen LogP contribution < -0.4 is 10.1 Å². The summed E-state index contributed by atoms with van der Waals surface area (Å²) in [5.41, 5.74) is 0.872. The molecule has 0 aliphatic rings. The summed E-state index contributed by atoms with van der Waals surface area (Å²) >= 11 is 5.62. The topological polar surface area (TPSA) is 64.1 Å². The lowest BCUT2D eigenvalue weighted by molar-refractivity contribution is 0.102. The summed E-state index contributed by atoms with van der Waals surface area (Å²) in [6.45, 7) is 2.72. The molecular formula is C14H14ClN3O2. The van der Waals surface area contributed by atoms with Crippen LogP contribution in [0.2, 0.25) is 5.15 Å². The van der Waals surface area contributed by atoms with E-state index in [9.17, 15) is 4.79 Å². The number of amides is 1. The summed E-state index contributed by atoms with van der Waals surface area (Å²) < 4.78 is 5.46. The number of anilines is 1. The molecule has 1 N–H and O–H groups in total. The average Bonchev–Trinajstić information content (AvgIpc) is 2.47. The predicted molar refractivity (Wildman–Crippen MR) is 77.2 cm³/mol. The van der Waals surface area contributed by atoms with Crippen LogP contribution >= 0.6 is 11.6 Å². The van der Waals surface area contributed by atoms with Gasteiger partial charge in [-0.25, -0.2) is 9.97 Å². The number of aromatic nitrogens is 2. The lowest BCUT2D eigenvalue weighted by Crippen LogP contribution is -2.13. The van der Waals surface area contributed by atoms with Gasteiger partial charge < -0.3 is 10.1 Å². The van der Waals surface area contributed by atoms with Gasteiger partial charge in [-0.3, -0.25) is 4.79 Å². The summed E-state index contributed by atoms with van der Waals surface area (Å²) in [5.74, 6) is 0.438. The second-order valence-corrected chi connectivity index (χ2v) is 4.44. The van der Waals surface area contributed by atoms with E-state index in [1.807, 2.05) is 6.92 Å². The number of nitrogens with one attached hydrogen (secondary N) is 1. The maximum atomic E-state index is 11.9. The fourth-order valence-corrected chi connectivity index (χ4v) is 1.58. The van der Waals surface area contributed by atoms with Crippen LogP contribution in [0, 0.1) is 0 Å². The van der Waals surface area contributed by atoms with Crippen molar-refractivity contribution < 1.29 is 9.53 Å². The number of hydrogen-bond acceptors (Lipinski definition) is 4. The first-order valence-corrected chi connectivity index (χ1v) is 6.58. The van der Waals surface area contributed by atoms with Crippen LogP contribution in [0.3, 0.4) is 0 Å². The Balaban J connectivity index is 1.99. The van der Waals surface area contributed by atoms with Gasteiger partial charge >= 0.3 is 0 Å². The van der Waals surface area contributed by atoms with Gasteiger partial charge in [0.15, 0.2) is 0 Å². The number of benzene rings is 1. The molecule has 2 rings (SSSR count). The van der Waals surface area contributed by atoms with E-state index in [4.69, 9.17) is 16.3 Å². The van der Waals surface area contributed by atoms with E-state index in [2.05, 4.69) is 15.3 Å². The molecule has 6 heteroatoms. The molecule has 1 aromatic carbocycles. The predicted octanol–water partition coefficient (Wildman–Crippen LogP) is 3.17. The summed E-state index contributed by atoms with van der Waals surface area (Å²) in [5, 5.41) is 2.97. The zero-order chi connectivity index (χ0) is 14.4. The van der Waals surface area contributed by atoms with E-state index in [1.54, 1.807) is 24.3 Å². The molecule has 1 aromatic heterocycles. The van der Waals surface area contributed by atoms with Gasteiger partial charge in [0.1, 0.15) is 16.6 Å². The quantitative estimate of drug-likeness (QED) is 0.919. The third-order valence-corrected chi connectivity index (χ3v) is 2.63. The fourth-order valence-electron chi connectivity index (χ4n) is 1.48. The van der Waals surface area contributed by atoms with Crippen molar-refractivity contribution in [2.45, 2.75) is 13.3 Å². The highest BCUT2D eigenvalue weighted by Crippen LogP contribution is 2.16. The Kier molecular flexibility index (Phi) is 4.90. The lowest BCUT2D eigenvalue weighted by Gasteiger charge is -2.07. The maximum absolute atomic E-state index is 11.9. The zero-order valence-corrected chi connectivity index (χ0v) is 11.7. The van der Waals surface area contributed by atoms with Crippen LogP contribution in [0.1, 0.15) is 23.8 Å². The second kappa shape index (κ2) is 6.86. The number of halogens is 1. The fraction of sp³-hybridized carbons (Fsp3) is 0.214. The lowest BCUT2D eigenvalue weighted by atomic mass is 10.3. The third-order valence-electron chi connectivity index (χ3n) is 2.44. The monoisotopic (exact) mass is 291 g/mol. The molecule has 2 aromatic rings. The first-order chi connectivity index (χ1) is 9.69. The standard InChI is InChI=1S/C14H14ClN3O2/c1-2-7-20-11-5-3-10(4-6-11)18-14(19)12-8-17-13(15)9-16-12/h3-6,8-9H,2,7H2,1H3,(H,18,19). The Bertz CT molecular complexity index is 570. The molecule has 0 radical (unpaired) electrons. The van der Waals surface area contributed by atoms with Crippen molar-refractivity contribution in [1.29, 1.82) is 0 Å². The molecule has 104 valence electrons. The molecule has 20 heavy (non-hydrogen) atoms. The van der Waals surface area contributed by atoms with Crippen molar-refractivity contribution in [3.8, 4) is 5.75 Å². The van der Waals surface area contributed by atoms with Crippen LogP contribution in [0.5, 0.6) is 5.75 Å². The summed E-state index contributed by atoms with van der Waals surface area (Å²) in [6, 6.07) is 7.15. The van der Waals surface area contributed by atoms with Crippen molar-refractivity contribution in [2.24, 2.45) is 0 Å². The zero-order valence-electron chi connectivity index (χ0n) is 11.0. The minimum Gasteiger partial charge on any atom is -0.494 e. The van der Waals surface area contributed by atoms with Gasteiger partial charge in [-0.1, -0.05) is 18.5 Å². The van der Waals surface area contributed by atoms with Crippen LogP contribution in [-0.4, -0.2) is 22.5 Å². The van der Waals surface area contributed by atoms with Gasteiger partial charge in [-0.2, -0.15) is 0 Å². The van der Waals surface area contributed by atoms with E-state index in [0.717, 1.165) is 12.2 Å². The van der Waals surface area contributed by atoms with Crippen molar-refractivity contribution in [3.05, 3.63) is 47.5 Å². The van der Waals surface area contributed by atoms with Gasteiger partial charge in [0.05, 0.1) is 19.0 Å². The maximum Gasteiger partial charge on any atom is 0.275 e. The van der Waals surface area contributed by atoms with E-state index in [0.29, 0.717) is 12.3 Å². The number of hydrogen-bond donors (Lipinski definition) is 1. The first-order valence-electron chi connectivity index (χ1n) is 6.21. The van der Waals surface area contributed by atoms with Crippen molar-refractivity contribution in [3.63, 3.8) is 0 Å². The van der Waals surface area contributed by atoms with Crippen molar-refractivity contribution in [2.75, 3.05) is 11.9 Å². The third kappa shape index (κ3) is 3.93. The molecule has 0 aliphatic carbocycles. The van der Waals surface area contributed by atoms with E-state index in [1.165, 1.54) is 12.4 Å². The molecule has 0 saturated heterocycles. The molecule has 0 bridgehead atoms. The largest absolute Gasteiger partial charge is 0.494 e. The smallest absolute Gasteiger partial charge is 0.275 e. The molecule has 0 fully saturated rings. The van der Waals surface area contributed by atoms with Gasteiger partial charge in [0, 0.05) is 5.69 Å². The van der Waals surface area contributed by atoms with E-state index >= 15 is 0 Å². The number of carbonyl (C=O) groups excluding carboxylic acids is 1. The number of rotatable bonds is 5. The van der Waals surface area contributed by atoms with Crippen LogP contribution in [0.4, 0.5) is 5.69 Å². The van der Waals surface area contributed by atoms with E-state index in [-0.39, 0.29) is 16.8 Å². The van der Waals surface area contributed by atoms with Gasteiger partial charge in [0.25, 0.3) is 5.91 Å². The SMILES string of the molecule is CCCOc1ccc(NC(=O)c2cnc(Cl)cn2)cc1. The molecule has 1 heterocycles. The van der Waals surface area contributed by atoms with Crippen molar-refractivity contribution >= 4 is 23.2 Å². The Morgan fingerprint density at radius 2 is 2.00 bits per heavy atom. The van der Waals surface area contributed by atoms with Crippen LogP contribution in [-0.2, 0) is 0 Å². The molecule has 0 aliphatic heterocycles. The number of ether oxygens (including phenoxy) is 1. The minimum absolute atomic E-state index is 0.209. The average molecular weight is 292 g/mol. The molecule has 0 saturated carbocycles. The molecule has 1 amide bonds. The Morgan fingerprint density at radius 3 is 2.60 bits per heavy atom.